The Balaban J connectivity index is 1.99. The summed E-state index contributed by atoms with van der Waals surface area (Å²) < 4.78 is 0. The summed E-state index contributed by atoms with van der Waals surface area (Å²) in [6.45, 7) is 0.698. The van der Waals surface area contributed by atoms with Crippen molar-refractivity contribution in [3.05, 3.63) is 53.1 Å². The quantitative estimate of drug-likeness (QED) is 0.809. The first-order valence-electron chi connectivity index (χ1n) is 6.63. The van der Waals surface area contributed by atoms with E-state index in [1.165, 1.54) is 18.0 Å². The van der Waals surface area contributed by atoms with Crippen LogP contribution >= 0.6 is 11.6 Å². The molecule has 1 amide bonds. The lowest BCUT2D eigenvalue weighted by Crippen LogP contribution is -2.32. The predicted molar refractivity (Wildman–Crippen MR) is 78.1 cm³/mol. The minimum absolute atomic E-state index is 0.144. The van der Waals surface area contributed by atoms with Crippen molar-refractivity contribution in [3.63, 3.8) is 0 Å². The molecule has 1 aromatic heterocycles. The molecule has 3 rings (SSSR count). The molecule has 102 valence electrons. The van der Waals surface area contributed by atoms with Crippen LogP contribution in [-0.2, 0) is 6.42 Å². The number of hydrogen-bond acceptors (Lipinski definition) is 3. The van der Waals surface area contributed by atoms with Gasteiger partial charge in [0.1, 0.15) is 10.8 Å². The second kappa shape index (κ2) is 5.59. The zero-order valence-electron chi connectivity index (χ0n) is 10.9. The lowest BCUT2D eigenvalue weighted by Gasteiger charge is -2.22. The molecule has 1 aromatic carbocycles. The highest BCUT2D eigenvalue weighted by atomic mass is 35.5. The maximum absolute atomic E-state index is 12.6. The molecule has 0 saturated carbocycles. The standard InChI is InChI=1S/C15H14ClN3O/c16-14-10-17-9-12(18-14)15(20)19-8-4-3-6-11-5-1-2-7-13(11)19/h1-2,5,7,9-10H,3-4,6,8H2. The van der Waals surface area contributed by atoms with Crippen molar-refractivity contribution >= 4 is 23.2 Å². The van der Waals surface area contributed by atoms with E-state index in [0.717, 1.165) is 24.9 Å². The van der Waals surface area contributed by atoms with Gasteiger partial charge in [-0.2, -0.15) is 0 Å². The predicted octanol–water partition coefficient (Wildman–Crippen LogP) is 3.11. The van der Waals surface area contributed by atoms with Crippen molar-refractivity contribution in [1.29, 1.82) is 0 Å². The van der Waals surface area contributed by atoms with Crippen LogP contribution in [0.3, 0.4) is 0 Å². The van der Waals surface area contributed by atoms with Crippen LogP contribution < -0.4 is 4.90 Å². The minimum atomic E-state index is -0.144. The smallest absolute Gasteiger partial charge is 0.278 e. The van der Waals surface area contributed by atoms with Crippen LogP contribution in [0.4, 0.5) is 5.69 Å². The van der Waals surface area contributed by atoms with E-state index < -0.39 is 0 Å². The maximum atomic E-state index is 12.6. The molecule has 2 heterocycles. The number of anilines is 1. The van der Waals surface area contributed by atoms with Gasteiger partial charge in [0.15, 0.2) is 0 Å². The van der Waals surface area contributed by atoms with Crippen LogP contribution in [0.5, 0.6) is 0 Å². The largest absolute Gasteiger partial charge is 0.307 e. The van der Waals surface area contributed by atoms with Crippen molar-refractivity contribution in [3.8, 4) is 0 Å². The van der Waals surface area contributed by atoms with Gasteiger partial charge in [0.25, 0.3) is 5.91 Å². The molecule has 1 aliphatic rings. The number of carbonyl (C=O) groups is 1. The molecular weight excluding hydrogens is 274 g/mol. The fraction of sp³-hybridized carbons (Fsp3) is 0.267. The third-order valence-corrected chi connectivity index (χ3v) is 3.61. The van der Waals surface area contributed by atoms with Crippen LogP contribution in [0.15, 0.2) is 36.7 Å². The SMILES string of the molecule is O=C(c1cncc(Cl)n1)N1CCCCc2ccccc21. The first-order chi connectivity index (χ1) is 9.75. The first kappa shape index (κ1) is 13.1. The summed E-state index contributed by atoms with van der Waals surface area (Å²) in [7, 11) is 0. The molecule has 0 N–H and O–H groups in total. The van der Waals surface area contributed by atoms with Gasteiger partial charge in [-0.1, -0.05) is 29.8 Å². The van der Waals surface area contributed by atoms with Gasteiger partial charge in [-0.3, -0.25) is 9.78 Å². The molecule has 0 saturated heterocycles. The van der Waals surface area contributed by atoms with E-state index in [2.05, 4.69) is 16.0 Å². The fourth-order valence-corrected chi connectivity index (χ4v) is 2.63. The van der Waals surface area contributed by atoms with E-state index in [1.54, 1.807) is 4.90 Å². The topological polar surface area (TPSA) is 46.1 Å². The number of aromatic nitrogens is 2. The van der Waals surface area contributed by atoms with Crippen molar-refractivity contribution in [1.82, 2.24) is 9.97 Å². The third-order valence-electron chi connectivity index (χ3n) is 3.43. The number of amides is 1. The Bertz CT molecular complexity index is 645. The number of nitrogens with zero attached hydrogens (tertiary/aromatic N) is 3. The molecule has 0 radical (unpaired) electrons. The number of fused-ring (bicyclic) bond motifs is 1. The minimum Gasteiger partial charge on any atom is -0.307 e. The van der Waals surface area contributed by atoms with E-state index >= 15 is 0 Å². The molecule has 0 fully saturated rings. The van der Waals surface area contributed by atoms with Gasteiger partial charge < -0.3 is 4.90 Å². The molecule has 0 aliphatic carbocycles. The Labute approximate surface area is 122 Å². The molecule has 0 unspecified atom stereocenters. The summed E-state index contributed by atoms with van der Waals surface area (Å²) in [5.74, 6) is -0.144. The molecule has 0 bridgehead atoms. The molecule has 1 aliphatic heterocycles. The summed E-state index contributed by atoms with van der Waals surface area (Å²) in [6.07, 6.45) is 5.95. The van der Waals surface area contributed by atoms with Gasteiger partial charge >= 0.3 is 0 Å². The zero-order chi connectivity index (χ0) is 13.9. The number of benzene rings is 1. The Kier molecular flexibility index (Phi) is 3.65. The molecule has 5 heteroatoms. The van der Waals surface area contributed by atoms with Gasteiger partial charge in [-0.15, -0.1) is 0 Å². The Hall–Kier alpha value is -1.94. The maximum Gasteiger partial charge on any atom is 0.278 e. The second-order valence-electron chi connectivity index (χ2n) is 4.77. The number of carbonyl (C=O) groups excluding carboxylic acids is 1. The van der Waals surface area contributed by atoms with Crippen LogP contribution in [0, 0.1) is 0 Å². The van der Waals surface area contributed by atoms with Crippen LogP contribution in [0.1, 0.15) is 28.9 Å². The molecule has 2 aromatic rings. The average molecular weight is 288 g/mol. The Morgan fingerprint density at radius 3 is 2.90 bits per heavy atom. The number of hydrogen-bond donors (Lipinski definition) is 0. The average Bonchev–Trinajstić information content (AvgIpc) is 2.69. The zero-order valence-corrected chi connectivity index (χ0v) is 11.7. The number of halogens is 1. The van der Waals surface area contributed by atoms with Gasteiger partial charge in [0, 0.05) is 12.2 Å². The summed E-state index contributed by atoms with van der Waals surface area (Å²) in [6, 6.07) is 8.02. The first-order valence-corrected chi connectivity index (χ1v) is 7.01. The molecule has 4 nitrogen and oxygen atoms in total. The lowest BCUT2D eigenvalue weighted by molar-refractivity contribution is 0.0982. The summed E-state index contributed by atoms with van der Waals surface area (Å²) in [4.78, 5) is 22.4. The van der Waals surface area contributed by atoms with E-state index in [0.29, 0.717) is 6.54 Å². The molecule has 20 heavy (non-hydrogen) atoms. The summed E-state index contributed by atoms with van der Waals surface area (Å²) >= 11 is 5.82. The summed E-state index contributed by atoms with van der Waals surface area (Å²) in [5, 5.41) is 0.235. The Morgan fingerprint density at radius 1 is 1.20 bits per heavy atom. The normalized spacial score (nSPS) is 14.6. The van der Waals surface area contributed by atoms with Crippen LogP contribution in [0.25, 0.3) is 0 Å². The number of para-hydroxylation sites is 1. The molecule has 0 spiro atoms. The monoisotopic (exact) mass is 287 g/mol. The third kappa shape index (κ3) is 2.51. The van der Waals surface area contributed by atoms with Crippen molar-refractivity contribution in [2.45, 2.75) is 19.3 Å². The van der Waals surface area contributed by atoms with Crippen molar-refractivity contribution in [2.75, 3.05) is 11.4 Å². The van der Waals surface area contributed by atoms with Gasteiger partial charge in [-0.25, -0.2) is 4.98 Å². The second-order valence-corrected chi connectivity index (χ2v) is 5.16. The van der Waals surface area contributed by atoms with Gasteiger partial charge in [-0.05, 0) is 30.9 Å². The van der Waals surface area contributed by atoms with Crippen molar-refractivity contribution < 1.29 is 4.79 Å². The van der Waals surface area contributed by atoms with E-state index in [-0.39, 0.29) is 16.8 Å². The number of rotatable bonds is 1. The van der Waals surface area contributed by atoms with Crippen molar-refractivity contribution in [2.24, 2.45) is 0 Å². The summed E-state index contributed by atoms with van der Waals surface area (Å²) in [5.41, 5.74) is 2.46. The lowest BCUT2D eigenvalue weighted by atomic mass is 10.1. The van der Waals surface area contributed by atoms with E-state index in [9.17, 15) is 4.79 Å². The van der Waals surface area contributed by atoms with Crippen LogP contribution in [0.2, 0.25) is 5.15 Å². The fourth-order valence-electron chi connectivity index (χ4n) is 2.49. The highest BCUT2D eigenvalue weighted by Gasteiger charge is 2.23. The van der Waals surface area contributed by atoms with E-state index in [1.807, 2.05) is 18.2 Å². The number of aryl methyl sites for hydroxylation is 1. The molecule has 0 atom stereocenters. The van der Waals surface area contributed by atoms with Crippen LogP contribution in [-0.4, -0.2) is 22.4 Å². The van der Waals surface area contributed by atoms with E-state index in [4.69, 9.17) is 11.6 Å². The van der Waals surface area contributed by atoms with Gasteiger partial charge in [0.05, 0.1) is 12.4 Å². The Morgan fingerprint density at radius 2 is 2.05 bits per heavy atom. The molecular formula is C15H14ClN3O. The highest BCUT2D eigenvalue weighted by molar-refractivity contribution is 6.29. The highest BCUT2D eigenvalue weighted by Crippen LogP contribution is 2.27. The van der Waals surface area contributed by atoms with Gasteiger partial charge in [0.2, 0.25) is 0 Å².